The summed E-state index contributed by atoms with van der Waals surface area (Å²) in [5, 5.41) is 2.88. The van der Waals surface area contributed by atoms with Crippen LogP contribution in [-0.2, 0) is 4.79 Å². The van der Waals surface area contributed by atoms with E-state index in [0.717, 1.165) is 16.8 Å². The van der Waals surface area contributed by atoms with Gasteiger partial charge in [-0.1, -0.05) is 18.2 Å². The van der Waals surface area contributed by atoms with Crippen LogP contribution >= 0.6 is 0 Å². The van der Waals surface area contributed by atoms with E-state index in [9.17, 15) is 9.59 Å². The van der Waals surface area contributed by atoms with Gasteiger partial charge in [0.25, 0.3) is 5.91 Å². The van der Waals surface area contributed by atoms with Crippen molar-refractivity contribution in [2.24, 2.45) is 0 Å². The number of carbonyl (C=O) groups is 2. The Kier molecular flexibility index (Phi) is 4.89. The number of aryl methyl sites for hydroxylation is 4. The third-order valence-corrected chi connectivity index (χ3v) is 3.74. The van der Waals surface area contributed by atoms with Crippen molar-refractivity contribution >= 4 is 17.5 Å². The van der Waals surface area contributed by atoms with E-state index < -0.39 is 0 Å². The number of anilines is 1. The van der Waals surface area contributed by atoms with Crippen molar-refractivity contribution in [3.8, 4) is 0 Å². The Balaban J connectivity index is 2.05. The highest BCUT2D eigenvalue weighted by molar-refractivity contribution is 6.00. The van der Waals surface area contributed by atoms with Gasteiger partial charge in [-0.15, -0.1) is 0 Å². The largest absolute Gasteiger partial charge is 0.466 e. The van der Waals surface area contributed by atoms with Crippen LogP contribution in [0.5, 0.6) is 0 Å². The topological polar surface area (TPSA) is 62.6 Å². The van der Waals surface area contributed by atoms with Crippen LogP contribution in [0.15, 0.2) is 28.7 Å². The number of carbonyl (C=O) groups excluding carboxylic acids is 2. The van der Waals surface area contributed by atoms with E-state index in [2.05, 4.69) is 5.32 Å². The molecule has 0 aliphatic carbocycles. The molecule has 0 spiro atoms. The first-order valence-corrected chi connectivity index (χ1v) is 7.48. The molecule has 23 heavy (non-hydrogen) atoms. The normalized spacial score (nSPS) is 10.5. The molecule has 0 aliphatic heterocycles. The minimum absolute atomic E-state index is 0.0176. The summed E-state index contributed by atoms with van der Waals surface area (Å²) in [4.78, 5) is 26.0. The summed E-state index contributed by atoms with van der Waals surface area (Å²) >= 11 is 0. The number of furan rings is 1. The van der Waals surface area contributed by atoms with Crippen molar-refractivity contribution in [3.05, 3.63) is 52.5 Å². The first kappa shape index (κ1) is 16.8. The molecule has 0 radical (unpaired) electrons. The lowest BCUT2D eigenvalue weighted by Gasteiger charge is -2.17. The summed E-state index contributed by atoms with van der Waals surface area (Å²) in [5.41, 5.74) is 3.28. The van der Waals surface area contributed by atoms with Crippen molar-refractivity contribution in [2.75, 3.05) is 18.9 Å². The second kappa shape index (κ2) is 6.69. The van der Waals surface area contributed by atoms with E-state index in [1.807, 2.05) is 32.0 Å². The van der Waals surface area contributed by atoms with Gasteiger partial charge in [0.2, 0.25) is 5.91 Å². The maximum atomic E-state index is 12.4. The second-order valence-corrected chi connectivity index (χ2v) is 5.80. The lowest BCUT2D eigenvalue weighted by atomic mass is 10.1. The zero-order valence-electron chi connectivity index (χ0n) is 14.2. The number of likely N-dealkylation sites (N-methyl/N-ethyl adjacent to an activating group) is 1. The first-order chi connectivity index (χ1) is 10.8. The smallest absolute Gasteiger partial charge is 0.257 e. The van der Waals surface area contributed by atoms with Crippen molar-refractivity contribution < 1.29 is 14.0 Å². The van der Waals surface area contributed by atoms with E-state index in [-0.39, 0.29) is 18.4 Å². The molecule has 5 nitrogen and oxygen atoms in total. The summed E-state index contributed by atoms with van der Waals surface area (Å²) in [7, 11) is 1.61. The van der Waals surface area contributed by atoms with Crippen LogP contribution in [0.1, 0.15) is 33.0 Å². The SMILES string of the molecule is Cc1cc(C(=O)N(C)CC(=O)Nc2c(C)cccc2C)c(C)o1. The Morgan fingerprint density at radius 1 is 1.13 bits per heavy atom. The van der Waals surface area contributed by atoms with Crippen molar-refractivity contribution in [1.82, 2.24) is 4.90 Å². The molecule has 0 bridgehead atoms. The Morgan fingerprint density at radius 3 is 2.26 bits per heavy atom. The molecule has 2 aromatic rings. The summed E-state index contributed by atoms with van der Waals surface area (Å²) in [5.74, 6) is 0.792. The number of amides is 2. The zero-order valence-corrected chi connectivity index (χ0v) is 14.2. The average Bonchev–Trinajstić information content (AvgIpc) is 2.81. The highest BCUT2D eigenvalue weighted by atomic mass is 16.3. The Hall–Kier alpha value is -2.56. The fourth-order valence-corrected chi connectivity index (χ4v) is 2.53. The van der Waals surface area contributed by atoms with Gasteiger partial charge in [0, 0.05) is 12.7 Å². The number of para-hydroxylation sites is 1. The maximum Gasteiger partial charge on any atom is 0.257 e. The van der Waals surface area contributed by atoms with Crippen molar-refractivity contribution in [1.29, 1.82) is 0 Å². The van der Waals surface area contributed by atoms with E-state index in [1.54, 1.807) is 27.0 Å². The lowest BCUT2D eigenvalue weighted by Crippen LogP contribution is -2.35. The summed E-state index contributed by atoms with van der Waals surface area (Å²) < 4.78 is 5.37. The van der Waals surface area contributed by atoms with Crippen LogP contribution in [0.3, 0.4) is 0 Å². The third-order valence-electron chi connectivity index (χ3n) is 3.74. The summed E-state index contributed by atoms with van der Waals surface area (Å²) in [6, 6.07) is 7.52. The molecule has 1 heterocycles. The fraction of sp³-hybridized carbons (Fsp3) is 0.333. The second-order valence-electron chi connectivity index (χ2n) is 5.80. The Bertz CT molecular complexity index is 726. The van der Waals surface area contributed by atoms with Crippen LogP contribution in [0.25, 0.3) is 0 Å². The van der Waals surface area contributed by atoms with Crippen LogP contribution in [0.4, 0.5) is 5.69 Å². The van der Waals surface area contributed by atoms with Crippen molar-refractivity contribution in [3.63, 3.8) is 0 Å². The molecule has 2 rings (SSSR count). The van der Waals surface area contributed by atoms with Crippen LogP contribution < -0.4 is 5.32 Å². The van der Waals surface area contributed by atoms with Crippen LogP contribution in [0.2, 0.25) is 0 Å². The number of benzene rings is 1. The molecule has 0 saturated heterocycles. The molecule has 5 heteroatoms. The minimum Gasteiger partial charge on any atom is -0.466 e. The molecule has 0 aliphatic rings. The molecule has 1 aromatic carbocycles. The Labute approximate surface area is 136 Å². The van der Waals surface area contributed by atoms with Gasteiger partial charge in [0.15, 0.2) is 0 Å². The van der Waals surface area contributed by atoms with E-state index in [0.29, 0.717) is 17.1 Å². The highest BCUT2D eigenvalue weighted by Gasteiger charge is 2.20. The van der Waals surface area contributed by atoms with Gasteiger partial charge in [-0.2, -0.15) is 0 Å². The number of nitrogens with one attached hydrogen (secondary N) is 1. The van der Waals surface area contributed by atoms with Gasteiger partial charge in [-0.05, 0) is 44.9 Å². The maximum absolute atomic E-state index is 12.4. The van der Waals surface area contributed by atoms with Crippen molar-refractivity contribution in [2.45, 2.75) is 27.7 Å². The molecule has 0 unspecified atom stereocenters. The van der Waals surface area contributed by atoms with Gasteiger partial charge >= 0.3 is 0 Å². The molecule has 2 amide bonds. The van der Waals surface area contributed by atoms with Gasteiger partial charge in [0.05, 0.1) is 12.1 Å². The number of rotatable bonds is 4. The predicted octanol–water partition coefficient (Wildman–Crippen LogP) is 3.22. The van der Waals surface area contributed by atoms with Gasteiger partial charge in [-0.3, -0.25) is 9.59 Å². The number of hydrogen-bond acceptors (Lipinski definition) is 3. The molecule has 0 atom stereocenters. The quantitative estimate of drug-likeness (QED) is 0.942. The highest BCUT2D eigenvalue weighted by Crippen LogP contribution is 2.19. The van der Waals surface area contributed by atoms with Crippen LogP contribution in [0, 0.1) is 27.7 Å². The first-order valence-electron chi connectivity index (χ1n) is 7.48. The van der Waals surface area contributed by atoms with Gasteiger partial charge < -0.3 is 14.6 Å². The number of nitrogens with zero attached hydrogens (tertiary/aromatic N) is 1. The predicted molar refractivity (Wildman–Crippen MR) is 89.7 cm³/mol. The molecule has 0 fully saturated rings. The Morgan fingerprint density at radius 2 is 1.74 bits per heavy atom. The standard InChI is InChI=1S/C18H22N2O3/c1-11-7-6-8-12(2)17(11)19-16(21)10-20(5)18(22)15-9-13(3)23-14(15)4/h6-9H,10H2,1-5H3,(H,19,21). The average molecular weight is 314 g/mol. The summed E-state index contributed by atoms with van der Waals surface area (Å²) in [6.07, 6.45) is 0. The zero-order chi connectivity index (χ0) is 17.1. The van der Waals surface area contributed by atoms with E-state index in [1.165, 1.54) is 4.90 Å². The monoisotopic (exact) mass is 314 g/mol. The molecular weight excluding hydrogens is 292 g/mol. The van der Waals surface area contributed by atoms with Gasteiger partial charge in [-0.25, -0.2) is 0 Å². The van der Waals surface area contributed by atoms with E-state index >= 15 is 0 Å². The molecule has 122 valence electrons. The fourth-order valence-electron chi connectivity index (χ4n) is 2.53. The minimum atomic E-state index is -0.226. The van der Waals surface area contributed by atoms with E-state index in [4.69, 9.17) is 4.42 Å². The molecule has 1 N–H and O–H groups in total. The molecular formula is C18H22N2O3. The van der Waals surface area contributed by atoms with Crippen LogP contribution in [-0.4, -0.2) is 30.3 Å². The molecule has 1 aromatic heterocycles. The molecule has 0 saturated carbocycles. The third kappa shape index (κ3) is 3.80. The summed E-state index contributed by atoms with van der Waals surface area (Å²) in [6.45, 7) is 7.39. The van der Waals surface area contributed by atoms with Gasteiger partial charge in [0.1, 0.15) is 11.5 Å². The lowest BCUT2D eigenvalue weighted by molar-refractivity contribution is -0.116. The number of hydrogen-bond donors (Lipinski definition) is 1.